The smallest absolute Gasteiger partial charge is 0.326 e. The predicted molar refractivity (Wildman–Crippen MR) is 60.9 cm³/mol. The minimum Gasteiger partial charge on any atom is -0.464 e. The fourth-order valence-corrected chi connectivity index (χ4v) is 1.76. The number of esters is 1. The van der Waals surface area contributed by atoms with Crippen molar-refractivity contribution in [2.24, 2.45) is 5.92 Å². The molecule has 1 aliphatic rings. The third-order valence-corrected chi connectivity index (χ3v) is 3.51. The zero-order valence-electron chi connectivity index (χ0n) is 10.1. The van der Waals surface area contributed by atoms with E-state index in [1.54, 1.807) is 13.8 Å². The summed E-state index contributed by atoms with van der Waals surface area (Å²) in [6.45, 7) is 3.38. The molecule has 0 atom stereocenters. The SMILES string of the molecule is CC(C)(NCl)C(=O)OCC1CCC(F)(F)CC1. The van der Waals surface area contributed by atoms with Gasteiger partial charge in [-0.15, -0.1) is 0 Å². The van der Waals surface area contributed by atoms with Gasteiger partial charge in [-0.3, -0.25) is 4.79 Å². The van der Waals surface area contributed by atoms with Gasteiger partial charge < -0.3 is 4.74 Å². The third-order valence-electron chi connectivity index (χ3n) is 3.03. The minimum atomic E-state index is -2.54. The number of rotatable bonds is 4. The Morgan fingerprint density at radius 1 is 1.47 bits per heavy atom. The number of ether oxygens (including phenoxy) is 1. The van der Waals surface area contributed by atoms with Crippen molar-refractivity contribution >= 4 is 17.7 Å². The van der Waals surface area contributed by atoms with Crippen molar-refractivity contribution in [3.8, 4) is 0 Å². The highest BCUT2D eigenvalue weighted by Gasteiger charge is 2.36. The molecule has 0 aromatic carbocycles. The van der Waals surface area contributed by atoms with Gasteiger partial charge in [0.05, 0.1) is 6.61 Å². The molecule has 1 N–H and O–H groups in total. The van der Waals surface area contributed by atoms with Crippen LogP contribution in [0, 0.1) is 5.92 Å². The van der Waals surface area contributed by atoms with Crippen LogP contribution in [0.2, 0.25) is 0 Å². The Morgan fingerprint density at radius 2 is 2.00 bits per heavy atom. The monoisotopic (exact) mass is 269 g/mol. The number of alkyl halides is 2. The van der Waals surface area contributed by atoms with Crippen LogP contribution in [-0.2, 0) is 9.53 Å². The van der Waals surface area contributed by atoms with Crippen LogP contribution in [0.4, 0.5) is 8.78 Å². The predicted octanol–water partition coefficient (Wildman–Crippen LogP) is 2.88. The van der Waals surface area contributed by atoms with Crippen molar-refractivity contribution in [1.29, 1.82) is 0 Å². The summed E-state index contributed by atoms with van der Waals surface area (Å²) < 4.78 is 30.8. The Kier molecular flexibility index (Phi) is 4.72. The Morgan fingerprint density at radius 3 is 2.47 bits per heavy atom. The van der Waals surface area contributed by atoms with E-state index in [9.17, 15) is 13.6 Å². The van der Waals surface area contributed by atoms with Crippen molar-refractivity contribution in [1.82, 2.24) is 4.84 Å². The fourth-order valence-electron chi connectivity index (χ4n) is 1.68. The van der Waals surface area contributed by atoms with E-state index in [2.05, 4.69) is 4.84 Å². The first-order valence-corrected chi connectivity index (χ1v) is 6.07. The van der Waals surface area contributed by atoms with E-state index in [4.69, 9.17) is 16.5 Å². The van der Waals surface area contributed by atoms with Crippen LogP contribution in [0.3, 0.4) is 0 Å². The van der Waals surface area contributed by atoms with Gasteiger partial charge in [0.15, 0.2) is 0 Å². The Labute approximate surface area is 105 Å². The molecule has 1 fully saturated rings. The first-order valence-electron chi connectivity index (χ1n) is 5.70. The van der Waals surface area contributed by atoms with Crippen molar-refractivity contribution in [2.75, 3.05) is 6.61 Å². The lowest BCUT2D eigenvalue weighted by Crippen LogP contribution is -2.43. The second-order valence-corrected chi connectivity index (χ2v) is 5.31. The standard InChI is InChI=1S/C11H18ClF2NO2/c1-10(2,15-12)9(16)17-7-8-3-5-11(13,14)6-4-8/h8,15H,3-7H2,1-2H3. The number of halogens is 3. The average molecular weight is 270 g/mol. The quantitative estimate of drug-likeness (QED) is 0.630. The number of nitrogens with one attached hydrogen (secondary N) is 1. The molecule has 3 nitrogen and oxygen atoms in total. The summed E-state index contributed by atoms with van der Waals surface area (Å²) in [6, 6.07) is 0. The zero-order chi connectivity index (χ0) is 13.1. The summed E-state index contributed by atoms with van der Waals surface area (Å²) in [7, 11) is 0. The van der Waals surface area contributed by atoms with Crippen LogP contribution in [0.5, 0.6) is 0 Å². The Bertz CT molecular complexity index is 275. The molecule has 0 bridgehead atoms. The maximum atomic E-state index is 12.9. The normalized spacial score (nSPS) is 21.2. The van der Waals surface area contributed by atoms with Crippen LogP contribution in [-0.4, -0.2) is 24.0 Å². The molecule has 0 spiro atoms. The lowest BCUT2D eigenvalue weighted by Gasteiger charge is -2.29. The lowest BCUT2D eigenvalue weighted by molar-refractivity contribution is -0.152. The molecule has 0 unspecified atom stereocenters. The van der Waals surface area contributed by atoms with E-state index in [1.807, 2.05) is 0 Å². The molecule has 0 saturated heterocycles. The van der Waals surface area contributed by atoms with E-state index < -0.39 is 17.4 Å². The number of hydrogen-bond acceptors (Lipinski definition) is 3. The summed E-state index contributed by atoms with van der Waals surface area (Å²) >= 11 is 5.40. The maximum Gasteiger partial charge on any atom is 0.326 e. The molecule has 0 heterocycles. The van der Waals surface area contributed by atoms with Gasteiger partial charge in [-0.2, -0.15) is 0 Å². The van der Waals surface area contributed by atoms with Gasteiger partial charge in [0.1, 0.15) is 5.54 Å². The summed E-state index contributed by atoms with van der Waals surface area (Å²) in [5.74, 6) is -2.98. The van der Waals surface area contributed by atoms with Gasteiger partial charge in [0.2, 0.25) is 5.92 Å². The first-order chi connectivity index (χ1) is 7.77. The molecule has 1 rings (SSSR count). The molecule has 0 aromatic heterocycles. The topological polar surface area (TPSA) is 38.3 Å². The van der Waals surface area contributed by atoms with Crippen LogP contribution >= 0.6 is 11.8 Å². The van der Waals surface area contributed by atoms with E-state index in [0.29, 0.717) is 12.8 Å². The minimum absolute atomic E-state index is 0.0321. The Hall–Kier alpha value is -0.420. The number of carbonyl (C=O) groups is 1. The van der Waals surface area contributed by atoms with Crippen LogP contribution in [0.15, 0.2) is 0 Å². The molecule has 1 saturated carbocycles. The molecule has 0 aliphatic heterocycles. The maximum absolute atomic E-state index is 12.9. The largest absolute Gasteiger partial charge is 0.464 e. The molecule has 0 amide bonds. The second kappa shape index (κ2) is 5.48. The molecular formula is C11H18ClF2NO2. The van der Waals surface area contributed by atoms with Crippen molar-refractivity contribution < 1.29 is 18.3 Å². The average Bonchev–Trinajstić information content (AvgIpc) is 2.27. The van der Waals surface area contributed by atoms with Gasteiger partial charge in [0, 0.05) is 12.8 Å². The van der Waals surface area contributed by atoms with Gasteiger partial charge >= 0.3 is 5.97 Å². The summed E-state index contributed by atoms with van der Waals surface area (Å²) in [6.07, 6.45) is 0.558. The van der Waals surface area contributed by atoms with Gasteiger partial charge in [-0.05, 0) is 44.4 Å². The Balaban J connectivity index is 2.31. The van der Waals surface area contributed by atoms with Crippen molar-refractivity contribution in [2.45, 2.75) is 51.0 Å². The lowest BCUT2D eigenvalue weighted by atomic mass is 9.87. The van der Waals surface area contributed by atoms with Crippen LogP contribution in [0.1, 0.15) is 39.5 Å². The van der Waals surface area contributed by atoms with Gasteiger partial charge in [-0.1, -0.05) is 0 Å². The molecule has 0 aromatic rings. The van der Waals surface area contributed by atoms with E-state index in [0.717, 1.165) is 0 Å². The van der Waals surface area contributed by atoms with E-state index in [-0.39, 0.29) is 25.4 Å². The van der Waals surface area contributed by atoms with E-state index in [1.165, 1.54) is 0 Å². The molecule has 0 radical (unpaired) electrons. The van der Waals surface area contributed by atoms with Crippen molar-refractivity contribution in [3.63, 3.8) is 0 Å². The van der Waals surface area contributed by atoms with Crippen LogP contribution in [0.25, 0.3) is 0 Å². The number of hydrogen-bond donors (Lipinski definition) is 1. The van der Waals surface area contributed by atoms with Crippen molar-refractivity contribution in [3.05, 3.63) is 0 Å². The van der Waals surface area contributed by atoms with Crippen LogP contribution < -0.4 is 4.84 Å². The molecular weight excluding hydrogens is 252 g/mol. The highest BCUT2D eigenvalue weighted by atomic mass is 35.5. The highest BCUT2D eigenvalue weighted by molar-refractivity contribution is 6.15. The highest BCUT2D eigenvalue weighted by Crippen LogP contribution is 2.36. The van der Waals surface area contributed by atoms with E-state index >= 15 is 0 Å². The fraction of sp³-hybridized carbons (Fsp3) is 0.909. The zero-order valence-corrected chi connectivity index (χ0v) is 10.8. The second-order valence-electron chi connectivity index (χ2n) is 5.12. The summed E-state index contributed by atoms with van der Waals surface area (Å²) in [5.41, 5.74) is -0.958. The molecule has 17 heavy (non-hydrogen) atoms. The third kappa shape index (κ3) is 4.39. The molecule has 1 aliphatic carbocycles. The van der Waals surface area contributed by atoms with Gasteiger partial charge in [0.25, 0.3) is 0 Å². The molecule has 100 valence electrons. The summed E-state index contributed by atoms with van der Waals surface area (Å²) in [5, 5.41) is 0. The molecule has 6 heteroatoms. The number of carbonyl (C=O) groups excluding carboxylic acids is 1. The van der Waals surface area contributed by atoms with Gasteiger partial charge in [-0.25, -0.2) is 13.6 Å². The first kappa shape index (κ1) is 14.6. The summed E-state index contributed by atoms with van der Waals surface area (Å²) in [4.78, 5) is 13.9.